The lowest BCUT2D eigenvalue weighted by Gasteiger charge is -2.48. The maximum Gasteiger partial charge on any atom is 0.0467 e. The first-order valence-electron chi connectivity index (χ1n) is 17.3. The molecule has 1 aliphatic carbocycles. The molecule has 7 aromatic carbocycles. The molecule has 0 bridgehead atoms. The highest BCUT2D eigenvalue weighted by Gasteiger charge is 2.46. The fraction of sp³-hybridized carbons (Fsp3) is 0.125. The Labute approximate surface area is 291 Å². The predicted octanol–water partition coefficient (Wildman–Crippen LogP) is 13.4. The van der Waals surface area contributed by atoms with Crippen molar-refractivity contribution in [3.8, 4) is 44.5 Å². The van der Waals surface area contributed by atoms with Crippen molar-refractivity contribution in [3.05, 3.63) is 187 Å². The van der Waals surface area contributed by atoms with E-state index in [0.29, 0.717) is 0 Å². The lowest BCUT2D eigenvalue weighted by molar-refractivity contribution is 0.299. The largest absolute Gasteiger partial charge is 0.310 e. The van der Waals surface area contributed by atoms with Crippen LogP contribution in [0.15, 0.2) is 176 Å². The molecule has 1 nitrogen and oxygen atoms in total. The standard InChI is InChI=1S/C48H41N/c1-47(2)44-26-12-11-24-43(44)46-42(25-15-27-45(46)48(47,3)4)38-19-14-23-41(33-38)49(39-20-9-6-10-21-39)40-22-13-18-37(32-40)36-30-28-35(29-31-36)34-16-7-5-8-17-34/h5-33H,1-4H3. The quantitative estimate of drug-likeness (QED) is 0.176. The minimum atomic E-state index is -0.0415. The molecule has 49 heavy (non-hydrogen) atoms. The minimum absolute atomic E-state index is 0.00590. The van der Waals surface area contributed by atoms with Crippen molar-refractivity contribution in [2.45, 2.75) is 38.5 Å². The molecule has 0 unspecified atom stereocenters. The van der Waals surface area contributed by atoms with Crippen molar-refractivity contribution in [1.82, 2.24) is 0 Å². The molecule has 0 amide bonds. The molecule has 0 N–H and O–H groups in total. The van der Waals surface area contributed by atoms with E-state index in [2.05, 4.69) is 209 Å². The van der Waals surface area contributed by atoms with Crippen LogP contribution in [-0.2, 0) is 10.8 Å². The molecule has 0 heterocycles. The van der Waals surface area contributed by atoms with Gasteiger partial charge in [-0.25, -0.2) is 0 Å². The van der Waals surface area contributed by atoms with Crippen molar-refractivity contribution >= 4 is 17.1 Å². The molecule has 238 valence electrons. The summed E-state index contributed by atoms with van der Waals surface area (Å²) in [6.45, 7) is 9.60. The number of para-hydroxylation sites is 1. The van der Waals surface area contributed by atoms with Crippen LogP contribution in [0.25, 0.3) is 44.5 Å². The Bertz CT molecular complexity index is 2260. The number of hydrogen-bond acceptors (Lipinski definition) is 1. The van der Waals surface area contributed by atoms with Gasteiger partial charge in [-0.1, -0.05) is 167 Å². The molecule has 0 radical (unpaired) electrons. The minimum Gasteiger partial charge on any atom is -0.310 e. The lowest BCUT2D eigenvalue weighted by atomic mass is 9.55. The fourth-order valence-corrected chi connectivity index (χ4v) is 7.67. The molecular formula is C48H41N. The highest BCUT2D eigenvalue weighted by molar-refractivity contribution is 5.92. The van der Waals surface area contributed by atoms with E-state index in [9.17, 15) is 0 Å². The Morgan fingerprint density at radius 3 is 1.45 bits per heavy atom. The van der Waals surface area contributed by atoms with Gasteiger partial charge in [0.1, 0.15) is 0 Å². The van der Waals surface area contributed by atoms with E-state index in [4.69, 9.17) is 0 Å². The van der Waals surface area contributed by atoms with Gasteiger partial charge < -0.3 is 4.90 Å². The van der Waals surface area contributed by atoms with Crippen LogP contribution < -0.4 is 4.90 Å². The highest BCUT2D eigenvalue weighted by atomic mass is 15.1. The van der Waals surface area contributed by atoms with Crippen molar-refractivity contribution in [1.29, 1.82) is 0 Å². The van der Waals surface area contributed by atoms with Gasteiger partial charge in [-0.2, -0.15) is 0 Å². The Morgan fingerprint density at radius 2 is 0.755 bits per heavy atom. The monoisotopic (exact) mass is 631 g/mol. The molecular weight excluding hydrogens is 591 g/mol. The molecule has 1 heteroatoms. The van der Waals surface area contributed by atoms with E-state index in [1.54, 1.807) is 0 Å². The molecule has 0 fully saturated rings. The molecule has 8 rings (SSSR count). The fourth-order valence-electron chi connectivity index (χ4n) is 7.67. The third-order valence-electron chi connectivity index (χ3n) is 11.0. The van der Waals surface area contributed by atoms with Gasteiger partial charge in [0, 0.05) is 17.1 Å². The summed E-state index contributed by atoms with van der Waals surface area (Å²) in [6, 6.07) is 64.0. The van der Waals surface area contributed by atoms with E-state index in [-0.39, 0.29) is 10.8 Å². The summed E-state index contributed by atoms with van der Waals surface area (Å²) in [5.74, 6) is 0. The third kappa shape index (κ3) is 5.27. The SMILES string of the molecule is CC1(C)c2ccccc2-c2c(-c3cccc(N(c4ccccc4)c4cccc(-c5ccc(-c6ccccc6)cc5)c4)c3)cccc2C1(C)C. The number of hydrogen-bond donors (Lipinski definition) is 0. The number of rotatable bonds is 6. The number of anilines is 3. The van der Waals surface area contributed by atoms with Crippen LogP contribution >= 0.6 is 0 Å². The third-order valence-corrected chi connectivity index (χ3v) is 11.0. The summed E-state index contributed by atoms with van der Waals surface area (Å²) < 4.78 is 0. The first-order chi connectivity index (χ1) is 23.8. The molecule has 7 aromatic rings. The van der Waals surface area contributed by atoms with Gasteiger partial charge in [-0.05, 0) is 103 Å². The number of nitrogens with zero attached hydrogens (tertiary/aromatic N) is 1. The molecule has 0 aliphatic heterocycles. The van der Waals surface area contributed by atoms with E-state index in [1.165, 1.54) is 55.6 Å². The van der Waals surface area contributed by atoms with Crippen LogP contribution in [0, 0.1) is 0 Å². The Hall–Kier alpha value is -5.66. The van der Waals surface area contributed by atoms with Crippen LogP contribution in [-0.4, -0.2) is 0 Å². The van der Waals surface area contributed by atoms with Gasteiger partial charge >= 0.3 is 0 Å². The maximum absolute atomic E-state index is 2.40. The van der Waals surface area contributed by atoms with Gasteiger partial charge in [0.15, 0.2) is 0 Å². The summed E-state index contributed by atoms with van der Waals surface area (Å²) in [5, 5.41) is 0. The zero-order valence-corrected chi connectivity index (χ0v) is 28.7. The van der Waals surface area contributed by atoms with Crippen molar-refractivity contribution < 1.29 is 0 Å². The second-order valence-corrected chi connectivity index (χ2v) is 14.2. The molecule has 0 atom stereocenters. The molecule has 0 spiro atoms. The second kappa shape index (κ2) is 12.1. The Morgan fingerprint density at radius 1 is 0.327 bits per heavy atom. The lowest BCUT2D eigenvalue weighted by Crippen LogP contribution is -2.43. The van der Waals surface area contributed by atoms with Crippen molar-refractivity contribution in [3.63, 3.8) is 0 Å². The maximum atomic E-state index is 2.40. The second-order valence-electron chi connectivity index (χ2n) is 14.2. The zero-order valence-electron chi connectivity index (χ0n) is 28.7. The van der Waals surface area contributed by atoms with Crippen LogP contribution in [0.2, 0.25) is 0 Å². The van der Waals surface area contributed by atoms with Gasteiger partial charge in [-0.3, -0.25) is 0 Å². The van der Waals surface area contributed by atoms with Crippen molar-refractivity contribution in [2.24, 2.45) is 0 Å². The summed E-state index contributed by atoms with van der Waals surface area (Å²) in [7, 11) is 0. The van der Waals surface area contributed by atoms with Gasteiger partial charge in [0.25, 0.3) is 0 Å². The first-order valence-corrected chi connectivity index (χ1v) is 17.3. The number of benzene rings is 7. The summed E-state index contributed by atoms with van der Waals surface area (Å²) >= 11 is 0. The molecule has 0 saturated carbocycles. The summed E-state index contributed by atoms with van der Waals surface area (Å²) in [5.41, 5.74) is 16.2. The predicted molar refractivity (Wildman–Crippen MR) is 209 cm³/mol. The average Bonchev–Trinajstić information content (AvgIpc) is 3.15. The van der Waals surface area contributed by atoms with Gasteiger partial charge in [-0.15, -0.1) is 0 Å². The van der Waals surface area contributed by atoms with Crippen LogP contribution in [0.1, 0.15) is 38.8 Å². The van der Waals surface area contributed by atoms with Gasteiger partial charge in [0.2, 0.25) is 0 Å². The molecule has 0 saturated heterocycles. The van der Waals surface area contributed by atoms with E-state index < -0.39 is 0 Å². The van der Waals surface area contributed by atoms with Crippen LogP contribution in [0.5, 0.6) is 0 Å². The Balaban J connectivity index is 1.24. The number of fused-ring (bicyclic) bond motifs is 3. The molecule has 1 aliphatic rings. The van der Waals surface area contributed by atoms with Crippen LogP contribution in [0.3, 0.4) is 0 Å². The topological polar surface area (TPSA) is 3.24 Å². The smallest absolute Gasteiger partial charge is 0.0467 e. The Kier molecular flexibility index (Phi) is 7.57. The zero-order chi connectivity index (χ0) is 33.6. The summed E-state index contributed by atoms with van der Waals surface area (Å²) in [4.78, 5) is 2.38. The highest BCUT2D eigenvalue weighted by Crippen LogP contribution is 2.56. The normalized spacial score (nSPS) is 14.0. The average molecular weight is 632 g/mol. The van der Waals surface area contributed by atoms with E-state index in [0.717, 1.165) is 17.1 Å². The van der Waals surface area contributed by atoms with Crippen LogP contribution in [0.4, 0.5) is 17.1 Å². The van der Waals surface area contributed by atoms with Gasteiger partial charge in [0.05, 0.1) is 0 Å². The van der Waals surface area contributed by atoms with E-state index >= 15 is 0 Å². The van der Waals surface area contributed by atoms with E-state index in [1.807, 2.05) is 0 Å². The molecule has 0 aromatic heterocycles. The van der Waals surface area contributed by atoms with Crippen molar-refractivity contribution in [2.75, 3.05) is 4.90 Å². The summed E-state index contributed by atoms with van der Waals surface area (Å²) in [6.07, 6.45) is 0. The first kappa shape index (κ1) is 30.7.